The van der Waals surface area contributed by atoms with Gasteiger partial charge in [0.25, 0.3) is 0 Å². The lowest BCUT2D eigenvalue weighted by Gasteiger charge is -2.39. The Labute approximate surface area is 188 Å². The van der Waals surface area contributed by atoms with E-state index in [4.69, 9.17) is 9.47 Å². The van der Waals surface area contributed by atoms with Crippen molar-refractivity contribution in [3.05, 3.63) is 119 Å². The summed E-state index contributed by atoms with van der Waals surface area (Å²) in [4.78, 5) is 0. The number of aliphatic hydroxyl groups excluding tert-OH is 3. The second kappa shape index (κ2) is 9.27. The zero-order chi connectivity index (χ0) is 22.7. The molecule has 0 aliphatic carbocycles. The van der Waals surface area contributed by atoms with Gasteiger partial charge in [-0.15, -0.1) is 0 Å². The molecule has 0 saturated carbocycles. The molecule has 0 bridgehead atoms. The van der Waals surface area contributed by atoms with Gasteiger partial charge in [-0.05, 0) is 19.4 Å². The van der Waals surface area contributed by atoms with E-state index in [1.807, 2.05) is 105 Å². The number of benzene rings is 3. The van der Waals surface area contributed by atoms with Gasteiger partial charge in [0.15, 0.2) is 11.9 Å². The van der Waals surface area contributed by atoms with Crippen LogP contribution >= 0.6 is 0 Å². The first-order valence-corrected chi connectivity index (χ1v) is 10.7. The summed E-state index contributed by atoms with van der Waals surface area (Å²) < 4.78 is 12.4. The standard InChI is InChI=1S/C27H28O5/c1-18(2)24(25-22(28)23(29)26(30)31-25)32-27(19-12-6-3-7-13-19,20-14-8-4-9-15-20)21-16-10-5-11-17-21/h3-17,22-23,25-26,28-30H,1-2H3/t22-,23+,25-,26-/m0/s1. The highest BCUT2D eigenvalue weighted by atomic mass is 16.7. The second-order valence-corrected chi connectivity index (χ2v) is 8.17. The van der Waals surface area contributed by atoms with Gasteiger partial charge in [-0.3, -0.25) is 0 Å². The van der Waals surface area contributed by atoms with E-state index in [0.717, 1.165) is 22.3 Å². The zero-order valence-electron chi connectivity index (χ0n) is 18.1. The van der Waals surface area contributed by atoms with Crippen molar-refractivity contribution in [3.8, 4) is 0 Å². The van der Waals surface area contributed by atoms with Crippen molar-refractivity contribution in [3.63, 3.8) is 0 Å². The van der Waals surface area contributed by atoms with E-state index in [2.05, 4.69) is 0 Å². The Bertz CT molecular complexity index is 949. The molecule has 0 aromatic heterocycles. The second-order valence-electron chi connectivity index (χ2n) is 8.17. The molecule has 0 spiro atoms. The van der Waals surface area contributed by atoms with Gasteiger partial charge in [0.2, 0.25) is 0 Å². The van der Waals surface area contributed by atoms with E-state index in [9.17, 15) is 15.3 Å². The molecule has 166 valence electrons. The fraction of sp³-hybridized carbons (Fsp3) is 0.259. The fourth-order valence-electron chi connectivity index (χ4n) is 4.18. The lowest BCUT2D eigenvalue weighted by molar-refractivity contribution is -0.131. The van der Waals surface area contributed by atoms with Crippen molar-refractivity contribution in [2.24, 2.45) is 0 Å². The summed E-state index contributed by atoms with van der Waals surface area (Å²) >= 11 is 0. The van der Waals surface area contributed by atoms with Crippen molar-refractivity contribution >= 4 is 0 Å². The van der Waals surface area contributed by atoms with Gasteiger partial charge in [0.1, 0.15) is 24.1 Å². The molecule has 5 nitrogen and oxygen atoms in total. The Balaban J connectivity index is 1.95. The molecule has 1 fully saturated rings. The largest absolute Gasteiger partial charge is 0.475 e. The van der Waals surface area contributed by atoms with E-state index in [-0.39, 0.29) is 0 Å². The number of hydrogen-bond donors (Lipinski definition) is 3. The zero-order valence-corrected chi connectivity index (χ0v) is 18.1. The van der Waals surface area contributed by atoms with Crippen LogP contribution < -0.4 is 0 Å². The van der Waals surface area contributed by atoms with Gasteiger partial charge in [-0.25, -0.2) is 0 Å². The lowest BCUT2D eigenvalue weighted by Crippen LogP contribution is -2.39. The van der Waals surface area contributed by atoms with Crippen LogP contribution in [0.3, 0.4) is 0 Å². The Morgan fingerprint density at radius 1 is 0.688 bits per heavy atom. The van der Waals surface area contributed by atoms with Gasteiger partial charge in [0, 0.05) is 16.7 Å². The summed E-state index contributed by atoms with van der Waals surface area (Å²) in [7, 11) is 0. The quantitative estimate of drug-likeness (QED) is 0.409. The number of allylic oxidation sites excluding steroid dienone is 1. The molecule has 0 unspecified atom stereocenters. The van der Waals surface area contributed by atoms with Gasteiger partial charge in [-0.1, -0.05) is 91.0 Å². The molecule has 4 atom stereocenters. The van der Waals surface area contributed by atoms with Crippen molar-refractivity contribution in [2.75, 3.05) is 0 Å². The van der Waals surface area contributed by atoms with Crippen LogP contribution in [0.5, 0.6) is 0 Å². The molecule has 0 amide bonds. The predicted octanol–water partition coefficient (Wildman–Crippen LogP) is 3.73. The average molecular weight is 433 g/mol. The molecule has 1 aliphatic rings. The van der Waals surface area contributed by atoms with Crippen LogP contribution in [-0.2, 0) is 15.1 Å². The lowest BCUT2D eigenvalue weighted by atomic mass is 9.80. The summed E-state index contributed by atoms with van der Waals surface area (Å²) in [6, 6.07) is 29.6. The monoisotopic (exact) mass is 432 g/mol. The first-order chi connectivity index (χ1) is 15.4. The van der Waals surface area contributed by atoms with Crippen LogP contribution in [0.2, 0.25) is 0 Å². The van der Waals surface area contributed by atoms with Crippen molar-refractivity contribution < 1.29 is 24.8 Å². The molecule has 1 aliphatic heterocycles. The van der Waals surface area contributed by atoms with E-state index < -0.39 is 30.2 Å². The number of aliphatic hydroxyl groups is 3. The van der Waals surface area contributed by atoms with Crippen LogP contribution in [0.4, 0.5) is 0 Å². The highest BCUT2D eigenvalue weighted by Crippen LogP contribution is 2.44. The molecule has 4 rings (SSSR count). The maximum atomic E-state index is 10.6. The SMILES string of the molecule is CC(C)=C(OC(c1ccccc1)(c1ccccc1)c1ccccc1)[C@H]1O[C@H](O)[C@H](O)[C@@H]1O. The van der Waals surface area contributed by atoms with E-state index in [1.54, 1.807) is 0 Å². The third kappa shape index (κ3) is 3.96. The molecule has 3 aromatic carbocycles. The van der Waals surface area contributed by atoms with Crippen LogP contribution in [0, 0.1) is 0 Å². The maximum Gasteiger partial charge on any atom is 0.184 e. The van der Waals surface area contributed by atoms with Crippen LogP contribution in [-0.4, -0.2) is 39.9 Å². The molecule has 3 N–H and O–H groups in total. The maximum absolute atomic E-state index is 10.6. The van der Waals surface area contributed by atoms with Crippen LogP contribution in [0.15, 0.2) is 102 Å². The van der Waals surface area contributed by atoms with Gasteiger partial charge in [-0.2, -0.15) is 0 Å². The summed E-state index contributed by atoms with van der Waals surface area (Å²) in [5.74, 6) is 0.365. The summed E-state index contributed by atoms with van der Waals surface area (Å²) in [5, 5.41) is 30.7. The summed E-state index contributed by atoms with van der Waals surface area (Å²) in [6.07, 6.45) is -5.25. The molecule has 0 radical (unpaired) electrons. The highest BCUT2D eigenvalue weighted by molar-refractivity contribution is 5.48. The van der Waals surface area contributed by atoms with Gasteiger partial charge >= 0.3 is 0 Å². The Kier molecular flexibility index (Phi) is 6.44. The topological polar surface area (TPSA) is 79.2 Å². The minimum atomic E-state index is -1.49. The van der Waals surface area contributed by atoms with Gasteiger partial charge < -0.3 is 24.8 Å². The minimum Gasteiger partial charge on any atom is -0.475 e. The smallest absolute Gasteiger partial charge is 0.184 e. The van der Waals surface area contributed by atoms with E-state index in [0.29, 0.717) is 5.76 Å². The Hall–Kier alpha value is -2.96. The molecule has 1 saturated heterocycles. The Morgan fingerprint density at radius 2 is 1.09 bits per heavy atom. The molecule has 3 aromatic rings. The minimum absolute atomic E-state index is 0.365. The van der Waals surface area contributed by atoms with E-state index in [1.165, 1.54) is 0 Å². The average Bonchev–Trinajstić information content (AvgIpc) is 3.08. The summed E-state index contributed by atoms with van der Waals surface area (Å²) in [5.41, 5.74) is 2.39. The Morgan fingerprint density at radius 3 is 1.41 bits per heavy atom. The van der Waals surface area contributed by atoms with Crippen LogP contribution in [0.25, 0.3) is 0 Å². The van der Waals surface area contributed by atoms with Gasteiger partial charge in [0.05, 0.1) is 0 Å². The first-order valence-electron chi connectivity index (χ1n) is 10.7. The number of hydrogen-bond acceptors (Lipinski definition) is 5. The third-order valence-corrected chi connectivity index (χ3v) is 5.79. The molecule has 5 heteroatoms. The highest BCUT2D eigenvalue weighted by Gasteiger charge is 2.48. The normalized spacial score (nSPS) is 23.0. The first kappa shape index (κ1) is 22.2. The number of ether oxygens (including phenoxy) is 2. The predicted molar refractivity (Wildman–Crippen MR) is 122 cm³/mol. The molecule has 1 heterocycles. The number of rotatable bonds is 6. The third-order valence-electron chi connectivity index (χ3n) is 5.79. The van der Waals surface area contributed by atoms with E-state index >= 15 is 0 Å². The van der Waals surface area contributed by atoms with Crippen molar-refractivity contribution in [1.82, 2.24) is 0 Å². The summed E-state index contributed by atoms with van der Waals surface area (Å²) in [6.45, 7) is 3.71. The molecular weight excluding hydrogens is 404 g/mol. The molecule has 32 heavy (non-hydrogen) atoms. The van der Waals surface area contributed by atoms with Crippen LogP contribution in [0.1, 0.15) is 30.5 Å². The molecular formula is C27H28O5. The fourth-order valence-corrected chi connectivity index (χ4v) is 4.18. The van der Waals surface area contributed by atoms with Crippen molar-refractivity contribution in [2.45, 2.75) is 44.1 Å². The van der Waals surface area contributed by atoms with Crippen molar-refractivity contribution in [1.29, 1.82) is 0 Å².